The van der Waals surface area contributed by atoms with Gasteiger partial charge < -0.3 is 5.73 Å². The lowest BCUT2D eigenvalue weighted by atomic mass is 9.70. The number of halogens is 1. The van der Waals surface area contributed by atoms with Crippen LogP contribution in [0.25, 0.3) is 0 Å². The van der Waals surface area contributed by atoms with Crippen molar-refractivity contribution < 1.29 is 4.79 Å². The van der Waals surface area contributed by atoms with Crippen molar-refractivity contribution in [2.45, 2.75) is 38.5 Å². The first-order chi connectivity index (χ1) is 8.16. The van der Waals surface area contributed by atoms with E-state index in [1.807, 2.05) is 12.1 Å². The molecule has 1 saturated carbocycles. The third-order valence-corrected chi connectivity index (χ3v) is 5.38. The molecule has 0 amide bonds. The number of rotatable bonds is 4. The molecule has 1 heterocycles. The van der Waals surface area contributed by atoms with Gasteiger partial charge in [0.25, 0.3) is 0 Å². The predicted octanol–water partition coefficient (Wildman–Crippen LogP) is 3.53. The maximum atomic E-state index is 12.4. The van der Waals surface area contributed by atoms with Gasteiger partial charge in [-0.15, -0.1) is 11.3 Å². The van der Waals surface area contributed by atoms with E-state index in [-0.39, 0.29) is 5.41 Å². The lowest BCUT2D eigenvalue weighted by Crippen LogP contribution is -2.41. The zero-order valence-electron chi connectivity index (χ0n) is 9.88. The van der Waals surface area contributed by atoms with E-state index in [9.17, 15) is 4.79 Å². The molecular formula is C13H18BrNOS. The zero-order valence-corrected chi connectivity index (χ0v) is 12.3. The summed E-state index contributed by atoms with van der Waals surface area (Å²) in [5.41, 5.74) is 5.64. The van der Waals surface area contributed by atoms with Crippen LogP contribution in [0.2, 0.25) is 0 Å². The first-order valence-corrected chi connectivity index (χ1v) is 7.75. The summed E-state index contributed by atoms with van der Waals surface area (Å²) in [6.07, 6.45) is 6.06. The van der Waals surface area contributed by atoms with Crippen LogP contribution < -0.4 is 5.73 Å². The van der Waals surface area contributed by atoms with Gasteiger partial charge in [-0.05, 0) is 40.9 Å². The lowest BCUT2D eigenvalue weighted by Gasteiger charge is -2.34. The number of carbonyl (C=O) groups is 1. The predicted molar refractivity (Wildman–Crippen MR) is 75.3 cm³/mol. The van der Waals surface area contributed by atoms with Crippen LogP contribution >= 0.6 is 27.3 Å². The van der Waals surface area contributed by atoms with Gasteiger partial charge in [-0.25, -0.2) is 0 Å². The highest BCUT2D eigenvalue weighted by Crippen LogP contribution is 2.37. The summed E-state index contributed by atoms with van der Waals surface area (Å²) in [5.74, 6) is 0.342. The molecule has 0 unspecified atom stereocenters. The average Bonchev–Trinajstić information content (AvgIpc) is 2.75. The van der Waals surface area contributed by atoms with E-state index >= 15 is 0 Å². The van der Waals surface area contributed by atoms with Gasteiger partial charge in [0.2, 0.25) is 0 Å². The lowest BCUT2D eigenvalue weighted by molar-refractivity contribution is -0.129. The number of hydrogen-bond acceptors (Lipinski definition) is 3. The summed E-state index contributed by atoms with van der Waals surface area (Å²) in [5, 5.41) is 0. The van der Waals surface area contributed by atoms with E-state index in [0.717, 1.165) is 34.3 Å². The van der Waals surface area contributed by atoms with Crippen LogP contribution in [0.15, 0.2) is 15.9 Å². The van der Waals surface area contributed by atoms with E-state index in [4.69, 9.17) is 5.73 Å². The quantitative estimate of drug-likeness (QED) is 0.923. The Morgan fingerprint density at radius 1 is 1.35 bits per heavy atom. The average molecular weight is 316 g/mol. The molecule has 2 rings (SSSR count). The van der Waals surface area contributed by atoms with Crippen molar-refractivity contribution in [3.63, 3.8) is 0 Å². The summed E-state index contributed by atoms with van der Waals surface area (Å²) < 4.78 is 1.09. The van der Waals surface area contributed by atoms with E-state index in [0.29, 0.717) is 18.7 Å². The van der Waals surface area contributed by atoms with Crippen molar-refractivity contribution in [1.82, 2.24) is 0 Å². The van der Waals surface area contributed by atoms with Crippen molar-refractivity contribution in [2.24, 2.45) is 11.1 Å². The van der Waals surface area contributed by atoms with Crippen LogP contribution in [0, 0.1) is 5.41 Å². The number of Topliss-reactive ketones (excluding diaryl/α,β-unsaturated/α-hetero) is 1. The number of ketones is 1. The molecule has 0 radical (unpaired) electrons. The highest BCUT2D eigenvalue weighted by Gasteiger charge is 2.37. The highest BCUT2D eigenvalue weighted by molar-refractivity contribution is 9.11. The Kier molecular flexibility index (Phi) is 4.39. The molecule has 0 saturated heterocycles. The van der Waals surface area contributed by atoms with Gasteiger partial charge in [0.1, 0.15) is 5.78 Å². The second kappa shape index (κ2) is 5.63. The van der Waals surface area contributed by atoms with E-state index in [1.165, 1.54) is 6.42 Å². The molecule has 17 heavy (non-hydrogen) atoms. The topological polar surface area (TPSA) is 43.1 Å². The van der Waals surface area contributed by atoms with E-state index in [1.54, 1.807) is 11.3 Å². The fourth-order valence-electron chi connectivity index (χ4n) is 2.62. The van der Waals surface area contributed by atoms with Crippen molar-refractivity contribution in [3.05, 3.63) is 20.8 Å². The van der Waals surface area contributed by atoms with Gasteiger partial charge in [-0.1, -0.05) is 19.3 Å². The SMILES string of the molecule is NCC1(C(=O)Cc2ccc(Br)s2)CCCCC1. The molecule has 0 atom stereocenters. The normalized spacial score (nSPS) is 19.2. The highest BCUT2D eigenvalue weighted by atomic mass is 79.9. The van der Waals surface area contributed by atoms with Gasteiger partial charge in [0.15, 0.2) is 0 Å². The van der Waals surface area contributed by atoms with Crippen LogP contribution in [0.5, 0.6) is 0 Å². The minimum absolute atomic E-state index is 0.227. The monoisotopic (exact) mass is 315 g/mol. The van der Waals surface area contributed by atoms with E-state index in [2.05, 4.69) is 15.9 Å². The number of carbonyl (C=O) groups excluding carboxylic acids is 1. The van der Waals surface area contributed by atoms with Crippen LogP contribution in [0.4, 0.5) is 0 Å². The first kappa shape index (κ1) is 13.2. The molecule has 1 aliphatic rings. The van der Waals surface area contributed by atoms with Gasteiger partial charge in [0, 0.05) is 23.3 Å². The van der Waals surface area contributed by atoms with Crippen LogP contribution in [-0.4, -0.2) is 12.3 Å². The molecule has 0 aromatic carbocycles. The van der Waals surface area contributed by atoms with Crippen LogP contribution in [0.1, 0.15) is 37.0 Å². The van der Waals surface area contributed by atoms with Crippen LogP contribution in [0.3, 0.4) is 0 Å². The second-order valence-corrected chi connectivity index (χ2v) is 7.40. The van der Waals surface area contributed by atoms with Crippen molar-refractivity contribution in [3.8, 4) is 0 Å². The smallest absolute Gasteiger partial charge is 0.145 e. The summed E-state index contributed by atoms with van der Waals surface area (Å²) in [6.45, 7) is 0.512. The van der Waals surface area contributed by atoms with Gasteiger partial charge in [-0.2, -0.15) is 0 Å². The third kappa shape index (κ3) is 2.98. The maximum absolute atomic E-state index is 12.4. The standard InChI is InChI=1S/C13H18BrNOS/c14-12-5-4-10(17-12)8-11(16)13(9-15)6-2-1-3-7-13/h4-5H,1-3,6-9,15H2. The minimum atomic E-state index is -0.227. The fourth-order valence-corrected chi connectivity index (χ4v) is 4.10. The molecule has 1 aromatic rings. The Morgan fingerprint density at radius 2 is 2.06 bits per heavy atom. The Balaban J connectivity index is 2.07. The zero-order chi connectivity index (χ0) is 12.3. The molecule has 94 valence electrons. The number of hydrogen-bond donors (Lipinski definition) is 1. The molecule has 2 nitrogen and oxygen atoms in total. The molecule has 1 fully saturated rings. The van der Waals surface area contributed by atoms with Crippen molar-refractivity contribution in [1.29, 1.82) is 0 Å². The molecule has 4 heteroatoms. The molecule has 0 bridgehead atoms. The van der Waals surface area contributed by atoms with Gasteiger partial charge in [-0.3, -0.25) is 4.79 Å². The molecule has 2 N–H and O–H groups in total. The maximum Gasteiger partial charge on any atom is 0.145 e. The van der Waals surface area contributed by atoms with Crippen molar-refractivity contribution >= 4 is 33.0 Å². The Morgan fingerprint density at radius 3 is 2.59 bits per heavy atom. The molecule has 1 aliphatic carbocycles. The fraction of sp³-hybridized carbons (Fsp3) is 0.615. The largest absolute Gasteiger partial charge is 0.329 e. The summed E-state index contributed by atoms with van der Waals surface area (Å²) in [4.78, 5) is 13.6. The third-order valence-electron chi connectivity index (χ3n) is 3.76. The summed E-state index contributed by atoms with van der Waals surface area (Å²) in [6, 6.07) is 4.03. The van der Waals surface area contributed by atoms with E-state index < -0.39 is 0 Å². The molecule has 0 aliphatic heterocycles. The summed E-state index contributed by atoms with van der Waals surface area (Å²) in [7, 11) is 0. The minimum Gasteiger partial charge on any atom is -0.329 e. The van der Waals surface area contributed by atoms with Crippen molar-refractivity contribution in [2.75, 3.05) is 6.54 Å². The Labute approximate surface area is 115 Å². The summed E-state index contributed by atoms with van der Waals surface area (Å²) >= 11 is 5.08. The molecular weight excluding hydrogens is 298 g/mol. The molecule has 1 aromatic heterocycles. The Hall–Kier alpha value is -0.190. The van der Waals surface area contributed by atoms with Gasteiger partial charge >= 0.3 is 0 Å². The molecule has 0 spiro atoms. The van der Waals surface area contributed by atoms with Crippen LogP contribution in [-0.2, 0) is 11.2 Å². The van der Waals surface area contributed by atoms with Gasteiger partial charge in [0.05, 0.1) is 3.79 Å². The Bertz CT molecular complexity index is 396. The first-order valence-electron chi connectivity index (χ1n) is 6.14. The number of thiophene rings is 1. The second-order valence-electron chi connectivity index (χ2n) is 4.85. The number of nitrogens with two attached hydrogens (primary N) is 1.